The van der Waals surface area contributed by atoms with Gasteiger partial charge in [0.15, 0.2) is 0 Å². The van der Waals surface area contributed by atoms with Gasteiger partial charge in [-0.3, -0.25) is 4.79 Å². The van der Waals surface area contributed by atoms with Gasteiger partial charge < -0.3 is 5.32 Å². The summed E-state index contributed by atoms with van der Waals surface area (Å²) in [5, 5.41) is 11.9. The highest BCUT2D eigenvalue weighted by Gasteiger charge is 2.67. The second-order valence-electron chi connectivity index (χ2n) is 6.73. The number of nitriles is 1. The first-order valence-corrected chi connectivity index (χ1v) is 6.72. The van der Waals surface area contributed by atoms with Crippen LogP contribution in [0.5, 0.6) is 0 Å². The number of carbonyl (C=O) groups is 1. The van der Waals surface area contributed by atoms with Gasteiger partial charge in [-0.05, 0) is 56.8 Å². The molecule has 1 N–H and O–H groups in total. The minimum absolute atomic E-state index is 0.208. The Labute approximate surface area is 103 Å². The standard InChI is InChI=1S/C14H20N2O/c1-14(2,6-15)7-16-13(17)12-10-8-3-4-9(5-8)11(10)12/h8-12H,3-5,7H2,1-2H3,(H,16,17). The molecular weight excluding hydrogens is 212 g/mol. The van der Waals surface area contributed by atoms with Crippen molar-refractivity contribution in [2.45, 2.75) is 33.1 Å². The summed E-state index contributed by atoms with van der Waals surface area (Å²) in [4.78, 5) is 12.1. The van der Waals surface area contributed by atoms with E-state index in [1.807, 2.05) is 13.8 Å². The fourth-order valence-corrected chi connectivity index (χ4v) is 4.14. The van der Waals surface area contributed by atoms with Crippen LogP contribution in [-0.2, 0) is 4.79 Å². The lowest BCUT2D eigenvalue weighted by atomic mass is 9.95. The van der Waals surface area contributed by atoms with E-state index >= 15 is 0 Å². The molecule has 0 aromatic rings. The molecule has 1 amide bonds. The maximum absolute atomic E-state index is 12.1. The molecule has 0 saturated heterocycles. The maximum Gasteiger partial charge on any atom is 0.223 e. The molecule has 0 spiro atoms. The van der Waals surface area contributed by atoms with E-state index in [4.69, 9.17) is 5.26 Å². The first-order chi connectivity index (χ1) is 8.03. The molecule has 0 radical (unpaired) electrons. The van der Waals surface area contributed by atoms with Crippen molar-refractivity contribution in [1.29, 1.82) is 5.26 Å². The molecule has 3 fully saturated rings. The summed E-state index contributed by atoms with van der Waals surface area (Å²) in [6.45, 7) is 4.21. The summed E-state index contributed by atoms with van der Waals surface area (Å²) in [6, 6.07) is 2.22. The topological polar surface area (TPSA) is 52.9 Å². The molecule has 3 rings (SSSR count). The number of hydrogen-bond acceptors (Lipinski definition) is 2. The van der Waals surface area contributed by atoms with E-state index in [2.05, 4.69) is 11.4 Å². The third kappa shape index (κ3) is 1.66. The fraction of sp³-hybridized carbons (Fsp3) is 0.857. The van der Waals surface area contributed by atoms with Gasteiger partial charge in [0, 0.05) is 12.5 Å². The number of carbonyl (C=O) groups excluding carboxylic acids is 1. The Kier molecular flexibility index (Phi) is 2.26. The minimum Gasteiger partial charge on any atom is -0.354 e. The molecular formula is C14H20N2O. The van der Waals surface area contributed by atoms with E-state index in [0.717, 1.165) is 11.8 Å². The summed E-state index contributed by atoms with van der Waals surface area (Å²) >= 11 is 0. The molecule has 0 aromatic heterocycles. The summed E-state index contributed by atoms with van der Waals surface area (Å²) in [6.07, 6.45) is 4.07. The number of amides is 1. The van der Waals surface area contributed by atoms with E-state index in [0.29, 0.717) is 18.4 Å². The Hall–Kier alpha value is -1.04. The van der Waals surface area contributed by atoms with Crippen LogP contribution in [0.1, 0.15) is 33.1 Å². The van der Waals surface area contributed by atoms with Crippen molar-refractivity contribution in [3.8, 4) is 6.07 Å². The Balaban J connectivity index is 1.55. The molecule has 0 heterocycles. The van der Waals surface area contributed by atoms with Crippen LogP contribution >= 0.6 is 0 Å². The minimum atomic E-state index is -0.446. The third-order valence-corrected chi connectivity index (χ3v) is 5.05. The Morgan fingerprint density at radius 1 is 1.35 bits per heavy atom. The summed E-state index contributed by atoms with van der Waals surface area (Å²) in [5.41, 5.74) is -0.446. The zero-order valence-corrected chi connectivity index (χ0v) is 10.6. The molecule has 3 nitrogen and oxygen atoms in total. The van der Waals surface area contributed by atoms with Crippen LogP contribution in [0, 0.1) is 46.3 Å². The second kappa shape index (κ2) is 3.48. The van der Waals surface area contributed by atoms with Crippen molar-refractivity contribution < 1.29 is 4.79 Å². The number of fused-ring (bicyclic) bond motifs is 5. The predicted molar refractivity (Wildman–Crippen MR) is 63.7 cm³/mol. The van der Waals surface area contributed by atoms with Gasteiger partial charge in [-0.15, -0.1) is 0 Å². The lowest BCUT2D eigenvalue weighted by Crippen LogP contribution is -2.35. The molecule has 3 aliphatic carbocycles. The molecule has 4 atom stereocenters. The van der Waals surface area contributed by atoms with Gasteiger partial charge in [-0.25, -0.2) is 0 Å². The molecule has 17 heavy (non-hydrogen) atoms. The van der Waals surface area contributed by atoms with Crippen molar-refractivity contribution in [2.75, 3.05) is 6.54 Å². The van der Waals surface area contributed by atoms with Gasteiger partial charge in [-0.1, -0.05) is 0 Å². The highest BCUT2D eigenvalue weighted by atomic mass is 16.2. The molecule has 0 aliphatic heterocycles. The molecule has 92 valence electrons. The smallest absolute Gasteiger partial charge is 0.223 e. The molecule has 2 bridgehead atoms. The highest BCUT2D eigenvalue weighted by Crippen LogP contribution is 2.69. The van der Waals surface area contributed by atoms with Crippen LogP contribution in [0.25, 0.3) is 0 Å². The Morgan fingerprint density at radius 2 is 1.94 bits per heavy atom. The Bertz CT molecular complexity index is 380. The summed E-state index contributed by atoms with van der Waals surface area (Å²) in [7, 11) is 0. The van der Waals surface area contributed by atoms with Gasteiger partial charge in [0.25, 0.3) is 0 Å². The lowest BCUT2D eigenvalue weighted by Gasteiger charge is -2.16. The SMILES string of the molecule is CC(C)(C#N)CNC(=O)C1C2C3CCC(C3)C12. The third-order valence-electron chi connectivity index (χ3n) is 5.05. The van der Waals surface area contributed by atoms with Crippen molar-refractivity contribution >= 4 is 5.91 Å². The monoisotopic (exact) mass is 232 g/mol. The summed E-state index contributed by atoms with van der Waals surface area (Å²) in [5.74, 6) is 3.56. The van der Waals surface area contributed by atoms with Crippen LogP contribution in [0.15, 0.2) is 0 Å². The lowest BCUT2D eigenvalue weighted by molar-refractivity contribution is -0.123. The largest absolute Gasteiger partial charge is 0.354 e. The average Bonchev–Trinajstić information content (AvgIpc) is 2.75. The van der Waals surface area contributed by atoms with E-state index in [-0.39, 0.29) is 11.8 Å². The second-order valence-corrected chi connectivity index (χ2v) is 6.73. The van der Waals surface area contributed by atoms with Crippen LogP contribution in [0.2, 0.25) is 0 Å². The van der Waals surface area contributed by atoms with Gasteiger partial charge in [0.1, 0.15) is 0 Å². The van der Waals surface area contributed by atoms with Crippen LogP contribution < -0.4 is 5.32 Å². The quantitative estimate of drug-likeness (QED) is 0.808. The Morgan fingerprint density at radius 3 is 2.47 bits per heavy atom. The van der Waals surface area contributed by atoms with Crippen LogP contribution in [0.3, 0.4) is 0 Å². The number of nitrogens with one attached hydrogen (secondary N) is 1. The van der Waals surface area contributed by atoms with E-state index in [1.165, 1.54) is 19.3 Å². The summed E-state index contributed by atoms with van der Waals surface area (Å²) < 4.78 is 0. The first-order valence-electron chi connectivity index (χ1n) is 6.72. The zero-order chi connectivity index (χ0) is 12.2. The van der Waals surface area contributed by atoms with E-state index in [9.17, 15) is 4.79 Å². The van der Waals surface area contributed by atoms with Gasteiger partial charge in [0.05, 0.1) is 11.5 Å². The zero-order valence-electron chi connectivity index (χ0n) is 10.6. The average molecular weight is 232 g/mol. The highest BCUT2D eigenvalue weighted by molar-refractivity contribution is 5.82. The van der Waals surface area contributed by atoms with E-state index < -0.39 is 5.41 Å². The molecule has 3 heteroatoms. The maximum atomic E-state index is 12.1. The van der Waals surface area contributed by atoms with Crippen molar-refractivity contribution in [3.63, 3.8) is 0 Å². The molecule has 3 aliphatic rings. The number of nitrogens with zero attached hydrogens (tertiary/aromatic N) is 1. The van der Waals surface area contributed by atoms with Crippen molar-refractivity contribution in [1.82, 2.24) is 5.32 Å². The molecule has 3 saturated carbocycles. The molecule has 0 aromatic carbocycles. The van der Waals surface area contributed by atoms with Crippen LogP contribution in [-0.4, -0.2) is 12.5 Å². The van der Waals surface area contributed by atoms with Crippen LogP contribution in [0.4, 0.5) is 0 Å². The van der Waals surface area contributed by atoms with Crippen molar-refractivity contribution in [3.05, 3.63) is 0 Å². The normalized spacial score (nSPS) is 41.8. The van der Waals surface area contributed by atoms with Crippen molar-refractivity contribution in [2.24, 2.45) is 35.0 Å². The van der Waals surface area contributed by atoms with Gasteiger partial charge in [0.2, 0.25) is 5.91 Å². The first kappa shape index (κ1) is 11.1. The molecule has 4 unspecified atom stereocenters. The predicted octanol–water partition coefficient (Wildman–Crippen LogP) is 1.94. The van der Waals surface area contributed by atoms with E-state index in [1.54, 1.807) is 0 Å². The fourth-order valence-electron chi connectivity index (χ4n) is 4.14. The number of rotatable bonds is 3. The van der Waals surface area contributed by atoms with Gasteiger partial charge >= 0.3 is 0 Å². The van der Waals surface area contributed by atoms with Gasteiger partial charge in [-0.2, -0.15) is 5.26 Å². The number of hydrogen-bond donors (Lipinski definition) is 1.